The Morgan fingerprint density at radius 2 is 2.04 bits per heavy atom. The number of likely N-dealkylation sites (N-methyl/N-ethyl adjacent to an activating group) is 1. The third kappa shape index (κ3) is 4.77. The number of aliphatic hydroxyl groups is 1. The Kier molecular flexibility index (Phi) is 6.06. The van der Waals surface area contributed by atoms with Crippen LogP contribution in [0.15, 0.2) is 30.3 Å². The van der Waals surface area contributed by atoms with Gasteiger partial charge in [-0.05, 0) is 25.5 Å². The molecule has 3 rings (SSSR count). The summed E-state index contributed by atoms with van der Waals surface area (Å²) in [7, 11) is 2.08. The Labute approximate surface area is 140 Å². The average Bonchev–Trinajstić information content (AvgIpc) is 2.56. The molecule has 0 spiro atoms. The van der Waals surface area contributed by atoms with E-state index in [1.54, 1.807) is 0 Å². The number of ether oxygens (including phenoxy) is 1. The molecule has 0 bridgehead atoms. The smallest absolute Gasteiger partial charge is 0.0793 e. The fourth-order valence-corrected chi connectivity index (χ4v) is 4.05. The highest BCUT2D eigenvalue weighted by Gasteiger charge is 2.34. The maximum atomic E-state index is 10.5. The summed E-state index contributed by atoms with van der Waals surface area (Å²) >= 11 is 0. The molecule has 1 aromatic rings. The molecule has 1 saturated carbocycles. The van der Waals surface area contributed by atoms with Crippen LogP contribution in [-0.4, -0.2) is 66.4 Å². The van der Waals surface area contributed by atoms with Gasteiger partial charge in [-0.2, -0.15) is 0 Å². The van der Waals surface area contributed by atoms with Crippen molar-refractivity contribution in [2.45, 2.75) is 50.5 Å². The first-order valence-electron chi connectivity index (χ1n) is 8.98. The van der Waals surface area contributed by atoms with E-state index in [0.29, 0.717) is 18.7 Å². The molecule has 4 heteroatoms. The van der Waals surface area contributed by atoms with Crippen LogP contribution in [0.3, 0.4) is 0 Å². The van der Waals surface area contributed by atoms with Gasteiger partial charge < -0.3 is 9.84 Å². The van der Waals surface area contributed by atoms with Gasteiger partial charge >= 0.3 is 0 Å². The van der Waals surface area contributed by atoms with Gasteiger partial charge in [-0.25, -0.2) is 0 Å². The molecular formula is C19H30N2O2. The van der Waals surface area contributed by atoms with Crippen molar-refractivity contribution in [1.29, 1.82) is 0 Å². The Hall–Kier alpha value is -0.940. The van der Waals surface area contributed by atoms with Crippen LogP contribution in [0.1, 0.15) is 31.2 Å². The number of β-amino-alcohol motifs (C(OH)–C–C–N with tert-alkyl or cyclic N) is 1. The Morgan fingerprint density at radius 1 is 1.26 bits per heavy atom. The van der Waals surface area contributed by atoms with E-state index in [9.17, 15) is 5.11 Å². The van der Waals surface area contributed by atoms with E-state index in [0.717, 1.165) is 26.2 Å². The molecule has 1 aromatic carbocycles. The lowest BCUT2D eigenvalue weighted by Gasteiger charge is -2.44. The summed E-state index contributed by atoms with van der Waals surface area (Å²) in [5.41, 5.74) is 1.29. The first kappa shape index (κ1) is 16.9. The normalized spacial score (nSPS) is 26.9. The molecule has 1 heterocycles. The fraction of sp³-hybridized carbons (Fsp3) is 0.684. The van der Waals surface area contributed by atoms with Crippen LogP contribution >= 0.6 is 0 Å². The van der Waals surface area contributed by atoms with Crippen LogP contribution in [-0.2, 0) is 11.3 Å². The van der Waals surface area contributed by atoms with Crippen LogP contribution in [0.25, 0.3) is 0 Å². The van der Waals surface area contributed by atoms with E-state index in [4.69, 9.17) is 4.74 Å². The van der Waals surface area contributed by atoms with E-state index >= 15 is 0 Å². The van der Waals surface area contributed by atoms with E-state index in [-0.39, 0.29) is 6.10 Å². The topological polar surface area (TPSA) is 35.9 Å². The van der Waals surface area contributed by atoms with Gasteiger partial charge in [-0.15, -0.1) is 0 Å². The summed E-state index contributed by atoms with van der Waals surface area (Å²) in [4.78, 5) is 4.67. The molecule has 1 aliphatic heterocycles. The highest BCUT2D eigenvalue weighted by molar-refractivity contribution is 5.14. The van der Waals surface area contributed by atoms with Gasteiger partial charge in [0.05, 0.1) is 18.8 Å². The van der Waals surface area contributed by atoms with Gasteiger partial charge in [0.15, 0.2) is 0 Å². The van der Waals surface area contributed by atoms with E-state index in [2.05, 4.69) is 41.1 Å². The van der Waals surface area contributed by atoms with Crippen LogP contribution in [0.2, 0.25) is 0 Å². The van der Waals surface area contributed by atoms with Crippen molar-refractivity contribution in [3.8, 4) is 0 Å². The van der Waals surface area contributed by atoms with Crippen molar-refractivity contribution >= 4 is 0 Å². The van der Waals surface area contributed by atoms with Gasteiger partial charge in [0.25, 0.3) is 0 Å². The van der Waals surface area contributed by atoms with Crippen molar-refractivity contribution < 1.29 is 9.84 Å². The maximum absolute atomic E-state index is 10.5. The minimum absolute atomic E-state index is 0.301. The number of benzene rings is 1. The maximum Gasteiger partial charge on any atom is 0.0793 e. The number of morpholine rings is 1. The molecule has 3 atom stereocenters. The zero-order chi connectivity index (χ0) is 16.1. The lowest BCUT2D eigenvalue weighted by Crippen LogP contribution is -2.55. The third-order valence-electron chi connectivity index (χ3n) is 5.11. The zero-order valence-corrected chi connectivity index (χ0v) is 14.2. The largest absolute Gasteiger partial charge is 0.390 e. The summed E-state index contributed by atoms with van der Waals surface area (Å²) < 4.78 is 5.92. The predicted octanol–water partition coefficient (Wildman–Crippen LogP) is 2.12. The first-order valence-corrected chi connectivity index (χ1v) is 8.98. The molecule has 128 valence electrons. The molecule has 0 amide bonds. The number of rotatable bonds is 6. The second-order valence-electron chi connectivity index (χ2n) is 7.09. The number of hydrogen-bond acceptors (Lipinski definition) is 4. The minimum atomic E-state index is -0.301. The van der Waals surface area contributed by atoms with Gasteiger partial charge in [-0.1, -0.05) is 43.2 Å². The lowest BCUT2D eigenvalue weighted by atomic mass is 9.90. The lowest BCUT2D eigenvalue weighted by molar-refractivity contribution is -0.0984. The van der Waals surface area contributed by atoms with Crippen LogP contribution in [0.5, 0.6) is 0 Å². The highest BCUT2D eigenvalue weighted by atomic mass is 16.5. The van der Waals surface area contributed by atoms with Crippen molar-refractivity contribution in [3.63, 3.8) is 0 Å². The third-order valence-corrected chi connectivity index (χ3v) is 5.11. The molecule has 1 aliphatic carbocycles. The van der Waals surface area contributed by atoms with Crippen molar-refractivity contribution in [1.82, 2.24) is 9.80 Å². The second-order valence-corrected chi connectivity index (χ2v) is 7.09. The monoisotopic (exact) mass is 318 g/mol. The molecule has 0 aromatic heterocycles. The molecule has 3 unspecified atom stereocenters. The summed E-state index contributed by atoms with van der Waals surface area (Å²) in [6.45, 7) is 4.13. The average molecular weight is 318 g/mol. The fourth-order valence-electron chi connectivity index (χ4n) is 4.05. The van der Waals surface area contributed by atoms with Crippen LogP contribution in [0.4, 0.5) is 0 Å². The summed E-state index contributed by atoms with van der Waals surface area (Å²) in [6.07, 6.45) is 5.08. The number of fused-ring (bicyclic) bond motifs is 1. The number of aliphatic hydroxyl groups excluding tert-OH is 1. The predicted molar refractivity (Wildman–Crippen MR) is 92.4 cm³/mol. The second kappa shape index (κ2) is 8.25. The number of nitrogens with zero attached hydrogens (tertiary/aromatic N) is 2. The van der Waals surface area contributed by atoms with Crippen molar-refractivity contribution in [2.24, 2.45) is 0 Å². The molecule has 23 heavy (non-hydrogen) atoms. The quantitative estimate of drug-likeness (QED) is 0.871. The summed E-state index contributed by atoms with van der Waals surface area (Å²) in [6, 6.07) is 11.0. The Morgan fingerprint density at radius 3 is 2.87 bits per heavy atom. The summed E-state index contributed by atoms with van der Waals surface area (Å²) in [5.74, 6) is 0. The van der Waals surface area contributed by atoms with Crippen LogP contribution < -0.4 is 0 Å². The SMILES string of the molecule is CN(Cc1ccccc1)CC(O)CN1CCOC2CCCCC21. The molecule has 1 saturated heterocycles. The van der Waals surface area contributed by atoms with Crippen molar-refractivity contribution in [3.05, 3.63) is 35.9 Å². The van der Waals surface area contributed by atoms with E-state index < -0.39 is 0 Å². The van der Waals surface area contributed by atoms with Crippen molar-refractivity contribution in [2.75, 3.05) is 33.3 Å². The molecule has 4 nitrogen and oxygen atoms in total. The van der Waals surface area contributed by atoms with Gasteiger partial charge in [0.1, 0.15) is 0 Å². The van der Waals surface area contributed by atoms with E-state index in [1.165, 1.54) is 31.2 Å². The Bertz CT molecular complexity index is 466. The molecule has 0 radical (unpaired) electrons. The molecule has 2 fully saturated rings. The zero-order valence-electron chi connectivity index (χ0n) is 14.2. The van der Waals surface area contributed by atoms with Gasteiger partial charge in [0, 0.05) is 32.2 Å². The molecule has 1 N–H and O–H groups in total. The first-order chi connectivity index (χ1) is 11.2. The molecule has 2 aliphatic rings. The number of hydrogen-bond donors (Lipinski definition) is 1. The molecular weight excluding hydrogens is 288 g/mol. The van der Waals surface area contributed by atoms with Gasteiger partial charge in [0.2, 0.25) is 0 Å². The minimum Gasteiger partial charge on any atom is -0.390 e. The van der Waals surface area contributed by atoms with Gasteiger partial charge in [-0.3, -0.25) is 9.80 Å². The summed E-state index contributed by atoms with van der Waals surface area (Å²) in [5, 5.41) is 10.5. The highest BCUT2D eigenvalue weighted by Crippen LogP contribution is 2.28. The Balaban J connectivity index is 1.47. The van der Waals surface area contributed by atoms with E-state index in [1.807, 2.05) is 6.07 Å². The van der Waals surface area contributed by atoms with Crippen LogP contribution in [0, 0.1) is 0 Å². The standard InChI is InChI=1S/C19H30N2O2/c1-20(13-16-7-3-2-4-8-16)14-17(22)15-21-11-12-23-19-10-6-5-9-18(19)21/h2-4,7-8,17-19,22H,5-6,9-15H2,1H3.